The highest BCUT2D eigenvalue weighted by Gasteiger charge is 2.32. The highest BCUT2D eigenvalue weighted by Crippen LogP contribution is 2.24. The molecular formula is C28H32N2O. The van der Waals surface area contributed by atoms with Crippen LogP contribution in [0.2, 0.25) is 0 Å². The van der Waals surface area contributed by atoms with E-state index < -0.39 is 0 Å². The van der Waals surface area contributed by atoms with Crippen LogP contribution < -0.4 is 5.32 Å². The minimum absolute atomic E-state index is 0.161. The number of hydrogen-bond donors (Lipinski definition) is 1. The van der Waals surface area contributed by atoms with E-state index in [1.54, 1.807) is 0 Å². The van der Waals surface area contributed by atoms with Gasteiger partial charge in [0.05, 0.1) is 0 Å². The lowest BCUT2D eigenvalue weighted by Crippen LogP contribution is -2.51. The van der Waals surface area contributed by atoms with Crippen molar-refractivity contribution < 1.29 is 4.79 Å². The predicted molar refractivity (Wildman–Crippen MR) is 127 cm³/mol. The molecule has 1 aliphatic rings. The molecule has 2 atom stereocenters. The molecule has 3 nitrogen and oxygen atoms in total. The minimum Gasteiger partial charge on any atom is -0.335 e. The summed E-state index contributed by atoms with van der Waals surface area (Å²) in [7, 11) is 0. The first-order chi connectivity index (χ1) is 15.1. The summed E-state index contributed by atoms with van der Waals surface area (Å²) in [5, 5.41) is 3.73. The second kappa shape index (κ2) is 9.93. The van der Waals surface area contributed by atoms with Crippen LogP contribution in [0.4, 0.5) is 0 Å². The van der Waals surface area contributed by atoms with Crippen molar-refractivity contribution in [1.82, 2.24) is 10.2 Å². The van der Waals surface area contributed by atoms with Crippen LogP contribution in [-0.4, -0.2) is 29.4 Å². The molecule has 0 spiro atoms. The molecule has 3 aromatic carbocycles. The molecule has 1 amide bonds. The molecule has 0 unspecified atom stereocenters. The maximum absolute atomic E-state index is 13.5. The third-order valence-corrected chi connectivity index (χ3v) is 6.20. The summed E-state index contributed by atoms with van der Waals surface area (Å²) >= 11 is 0. The summed E-state index contributed by atoms with van der Waals surface area (Å²) in [5.74, 6) is 0.161. The minimum atomic E-state index is 0.161. The van der Waals surface area contributed by atoms with Crippen molar-refractivity contribution in [1.29, 1.82) is 0 Å². The van der Waals surface area contributed by atoms with Crippen molar-refractivity contribution >= 4 is 5.91 Å². The van der Waals surface area contributed by atoms with Crippen molar-refractivity contribution in [3.63, 3.8) is 0 Å². The molecule has 0 aliphatic carbocycles. The van der Waals surface area contributed by atoms with Crippen LogP contribution in [0.25, 0.3) is 0 Å². The molecule has 3 heteroatoms. The second-order valence-electron chi connectivity index (χ2n) is 8.81. The van der Waals surface area contributed by atoms with E-state index in [2.05, 4.69) is 84.7 Å². The summed E-state index contributed by atoms with van der Waals surface area (Å²) in [5.41, 5.74) is 5.68. The van der Waals surface area contributed by atoms with E-state index in [0.717, 1.165) is 49.0 Å². The van der Waals surface area contributed by atoms with Gasteiger partial charge >= 0.3 is 0 Å². The van der Waals surface area contributed by atoms with Gasteiger partial charge < -0.3 is 10.2 Å². The molecule has 1 aliphatic heterocycles. The predicted octanol–water partition coefficient (Wildman–Crippen LogP) is 5.31. The lowest BCUT2D eigenvalue weighted by atomic mass is 9.91. The molecule has 1 heterocycles. The van der Waals surface area contributed by atoms with Crippen LogP contribution >= 0.6 is 0 Å². The average Bonchev–Trinajstić information content (AvgIpc) is 2.78. The summed E-state index contributed by atoms with van der Waals surface area (Å²) in [6.07, 6.45) is 2.84. The number of carbonyl (C=O) groups excluding carboxylic acids is 1. The van der Waals surface area contributed by atoms with Gasteiger partial charge in [-0.3, -0.25) is 4.79 Å². The zero-order chi connectivity index (χ0) is 21.6. The molecule has 0 aromatic heterocycles. The molecule has 160 valence electrons. The quantitative estimate of drug-likeness (QED) is 0.595. The fourth-order valence-electron chi connectivity index (χ4n) is 4.71. The van der Waals surface area contributed by atoms with Crippen molar-refractivity contribution in [2.24, 2.45) is 0 Å². The van der Waals surface area contributed by atoms with E-state index in [-0.39, 0.29) is 11.9 Å². The van der Waals surface area contributed by atoms with Crippen LogP contribution in [0.5, 0.6) is 0 Å². The molecule has 31 heavy (non-hydrogen) atoms. The van der Waals surface area contributed by atoms with E-state index >= 15 is 0 Å². The lowest BCUT2D eigenvalue weighted by Gasteiger charge is -2.40. The van der Waals surface area contributed by atoms with E-state index in [4.69, 9.17) is 0 Å². The Kier molecular flexibility index (Phi) is 6.83. The second-order valence-corrected chi connectivity index (χ2v) is 8.81. The fraction of sp³-hybridized carbons (Fsp3) is 0.321. The Bertz CT molecular complexity index is 980. The van der Waals surface area contributed by atoms with Gasteiger partial charge in [0.15, 0.2) is 0 Å². The largest absolute Gasteiger partial charge is 0.335 e. The number of carbonyl (C=O) groups is 1. The monoisotopic (exact) mass is 412 g/mol. The van der Waals surface area contributed by atoms with Gasteiger partial charge in [0.1, 0.15) is 0 Å². The first kappa shape index (κ1) is 21.3. The van der Waals surface area contributed by atoms with E-state index in [1.165, 1.54) is 11.1 Å². The van der Waals surface area contributed by atoms with Crippen molar-refractivity contribution in [3.05, 3.63) is 107 Å². The number of rotatable bonds is 6. The third-order valence-electron chi connectivity index (χ3n) is 6.20. The van der Waals surface area contributed by atoms with E-state index in [0.29, 0.717) is 6.04 Å². The smallest absolute Gasteiger partial charge is 0.254 e. The number of aryl methyl sites for hydroxylation is 2. The number of amides is 1. The lowest BCUT2D eigenvalue weighted by molar-refractivity contribution is 0.0576. The Morgan fingerprint density at radius 1 is 0.903 bits per heavy atom. The first-order valence-electron chi connectivity index (χ1n) is 11.3. The van der Waals surface area contributed by atoms with Crippen molar-refractivity contribution in [2.75, 3.05) is 6.54 Å². The number of nitrogens with one attached hydrogen (secondary N) is 1. The summed E-state index contributed by atoms with van der Waals surface area (Å²) < 4.78 is 0. The van der Waals surface area contributed by atoms with Crippen LogP contribution in [-0.2, 0) is 13.0 Å². The highest BCUT2D eigenvalue weighted by molar-refractivity contribution is 5.95. The van der Waals surface area contributed by atoms with Gasteiger partial charge in [-0.2, -0.15) is 0 Å². The Labute approximate surface area is 186 Å². The number of hydrogen-bond acceptors (Lipinski definition) is 2. The zero-order valence-corrected chi connectivity index (χ0v) is 18.6. The van der Waals surface area contributed by atoms with Crippen LogP contribution in [0.3, 0.4) is 0 Å². The Hall–Kier alpha value is -2.91. The van der Waals surface area contributed by atoms with E-state index in [1.807, 2.05) is 18.2 Å². The average molecular weight is 413 g/mol. The Morgan fingerprint density at radius 3 is 2.16 bits per heavy atom. The van der Waals surface area contributed by atoms with Gasteiger partial charge in [-0.1, -0.05) is 77.9 Å². The van der Waals surface area contributed by atoms with Gasteiger partial charge in [0, 0.05) is 30.7 Å². The normalized spacial score (nSPS) is 18.7. The van der Waals surface area contributed by atoms with Gasteiger partial charge in [0.2, 0.25) is 0 Å². The maximum Gasteiger partial charge on any atom is 0.254 e. The molecule has 0 saturated carbocycles. The number of benzene rings is 3. The van der Waals surface area contributed by atoms with Crippen LogP contribution in [0.15, 0.2) is 78.9 Å². The summed E-state index contributed by atoms with van der Waals surface area (Å²) in [6.45, 7) is 5.78. The fourth-order valence-corrected chi connectivity index (χ4v) is 4.71. The molecule has 0 bridgehead atoms. The highest BCUT2D eigenvalue weighted by atomic mass is 16.2. The standard InChI is InChI=1S/C28H32N2O/c1-21-15-22(2)17-25(16-21)28(31)30-14-13-26(29-20-24-11-7-4-8-12-24)19-27(30)18-23-9-5-3-6-10-23/h3-12,15-17,26-27,29H,13-14,18-20H2,1-2H3/t26-,27-/m0/s1. The maximum atomic E-state index is 13.5. The van der Waals surface area contributed by atoms with Gasteiger partial charge in [0.25, 0.3) is 5.91 Å². The molecule has 0 radical (unpaired) electrons. The number of piperidine rings is 1. The Balaban J connectivity index is 1.50. The molecule has 3 aromatic rings. The Morgan fingerprint density at radius 2 is 1.52 bits per heavy atom. The zero-order valence-electron chi connectivity index (χ0n) is 18.6. The van der Waals surface area contributed by atoms with Crippen molar-refractivity contribution in [2.45, 2.75) is 51.7 Å². The topological polar surface area (TPSA) is 32.3 Å². The first-order valence-corrected chi connectivity index (χ1v) is 11.3. The molecule has 1 N–H and O–H groups in total. The molecule has 4 rings (SSSR count). The van der Waals surface area contributed by atoms with Crippen LogP contribution in [0.1, 0.15) is 45.5 Å². The van der Waals surface area contributed by atoms with E-state index in [9.17, 15) is 4.79 Å². The SMILES string of the molecule is Cc1cc(C)cc(C(=O)N2CC[C@H](NCc3ccccc3)C[C@@H]2Cc2ccccc2)c1. The number of likely N-dealkylation sites (tertiary alicyclic amines) is 1. The summed E-state index contributed by atoms with van der Waals surface area (Å²) in [6, 6.07) is 27.9. The molecule has 1 saturated heterocycles. The molecular weight excluding hydrogens is 380 g/mol. The van der Waals surface area contributed by atoms with Gasteiger partial charge in [-0.25, -0.2) is 0 Å². The van der Waals surface area contributed by atoms with Crippen LogP contribution in [0, 0.1) is 13.8 Å². The van der Waals surface area contributed by atoms with Crippen molar-refractivity contribution in [3.8, 4) is 0 Å². The number of nitrogens with zero attached hydrogens (tertiary/aromatic N) is 1. The summed E-state index contributed by atoms with van der Waals surface area (Å²) in [4.78, 5) is 15.6. The van der Waals surface area contributed by atoms with Gasteiger partial charge in [-0.05, 0) is 56.4 Å². The third kappa shape index (κ3) is 5.62. The molecule has 1 fully saturated rings. The van der Waals surface area contributed by atoms with Gasteiger partial charge in [-0.15, -0.1) is 0 Å².